The first kappa shape index (κ1) is 41.5. The zero-order valence-corrected chi connectivity index (χ0v) is 39.2. The van der Waals surface area contributed by atoms with E-state index in [-0.39, 0.29) is 0 Å². The fourth-order valence-electron chi connectivity index (χ4n) is 11.4. The summed E-state index contributed by atoms with van der Waals surface area (Å²) in [6, 6.07) is 95.1. The predicted molar refractivity (Wildman–Crippen MR) is 305 cm³/mol. The van der Waals surface area contributed by atoms with Gasteiger partial charge in [0.05, 0.1) is 0 Å². The van der Waals surface area contributed by atoms with Crippen LogP contribution in [0.25, 0.3) is 143 Å². The SMILES string of the molecule is c1ccc(-c2c3ccccc3c(-c3ccc(-c4cccc5c4oc4ccccc45)cc3)c3ccccc23)cc1.c1ccc(-c2c3ccccc3c(-c3ccc4oc5ccccc5c4c3)c3ccccc23)cc1. The van der Waals surface area contributed by atoms with Crippen molar-refractivity contribution >= 4 is 87.0 Å². The Hall–Kier alpha value is -9.50. The highest BCUT2D eigenvalue weighted by molar-refractivity contribution is 6.23. The molecule has 15 aromatic rings. The van der Waals surface area contributed by atoms with Gasteiger partial charge >= 0.3 is 0 Å². The maximum absolute atomic E-state index is 6.32. The third-order valence-electron chi connectivity index (χ3n) is 14.5. The van der Waals surface area contributed by atoms with Crippen molar-refractivity contribution in [3.63, 3.8) is 0 Å². The Bertz CT molecular complexity index is 4430. The Morgan fingerprint density at radius 1 is 0.181 bits per heavy atom. The molecule has 0 aliphatic rings. The third-order valence-corrected chi connectivity index (χ3v) is 14.5. The Morgan fingerprint density at radius 2 is 0.500 bits per heavy atom. The van der Waals surface area contributed by atoms with E-state index >= 15 is 0 Å². The van der Waals surface area contributed by atoms with Crippen molar-refractivity contribution in [2.75, 3.05) is 0 Å². The predicted octanol–water partition coefficient (Wildman–Crippen LogP) is 20.1. The summed E-state index contributed by atoms with van der Waals surface area (Å²) in [6.07, 6.45) is 0. The molecule has 15 rings (SSSR count). The molecule has 0 saturated heterocycles. The Labute approximate surface area is 416 Å². The molecule has 0 bridgehead atoms. The molecule has 0 unspecified atom stereocenters. The van der Waals surface area contributed by atoms with Crippen LogP contribution < -0.4 is 0 Å². The molecule has 13 aromatic carbocycles. The summed E-state index contributed by atoms with van der Waals surface area (Å²) in [6.45, 7) is 0. The average Bonchev–Trinajstić information content (AvgIpc) is 4.03. The van der Waals surface area contributed by atoms with Gasteiger partial charge in [-0.1, -0.05) is 243 Å². The number of furan rings is 2. The number of rotatable bonds is 5. The van der Waals surface area contributed by atoms with Crippen LogP contribution in [-0.4, -0.2) is 0 Å². The molecular formula is C70H44O2. The fourth-order valence-corrected chi connectivity index (χ4v) is 11.4. The monoisotopic (exact) mass is 916 g/mol. The second kappa shape index (κ2) is 17.2. The zero-order valence-electron chi connectivity index (χ0n) is 39.2. The lowest BCUT2D eigenvalue weighted by Gasteiger charge is -2.18. The molecule has 0 N–H and O–H groups in total. The van der Waals surface area contributed by atoms with Crippen LogP contribution in [0.4, 0.5) is 0 Å². The van der Waals surface area contributed by atoms with Crippen molar-refractivity contribution in [1.82, 2.24) is 0 Å². The van der Waals surface area contributed by atoms with Crippen LogP contribution in [0.2, 0.25) is 0 Å². The highest BCUT2D eigenvalue weighted by atomic mass is 16.3. The number of hydrogen-bond acceptors (Lipinski definition) is 2. The maximum atomic E-state index is 6.32. The van der Waals surface area contributed by atoms with E-state index in [1.54, 1.807) is 0 Å². The van der Waals surface area contributed by atoms with Crippen LogP contribution in [0.3, 0.4) is 0 Å². The molecule has 2 heterocycles. The zero-order chi connectivity index (χ0) is 47.5. The third kappa shape index (κ3) is 6.80. The molecule has 0 aliphatic carbocycles. The lowest BCUT2D eigenvalue weighted by molar-refractivity contribution is 0.669. The van der Waals surface area contributed by atoms with Crippen LogP contribution in [-0.2, 0) is 0 Å². The van der Waals surface area contributed by atoms with Crippen molar-refractivity contribution in [2.45, 2.75) is 0 Å². The van der Waals surface area contributed by atoms with Gasteiger partial charge in [0.1, 0.15) is 22.3 Å². The summed E-state index contributed by atoms with van der Waals surface area (Å²) in [4.78, 5) is 0. The number of fused-ring (bicyclic) bond motifs is 10. The van der Waals surface area contributed by atoms with Gasteiger partial charge in [-0.15, -0.1) is 0 Å². The molecule has 2 aromatic heterocycles. The van der Waals surface area contributed by atoms with E-state index in [0.717, 1.165) is 55.0 Å². The number of para-hydroxylation sites is 3. The molecule has 2 heteroatoms. The molecule has 0 radical (unpaired) electrons. The van der Waals surface area contributed by atoms with Crippen molar-refractivity contribution in [3.8, 4) is 55.6 Å². The Morgan fingerprint density at radius 3 is 0.972 bits per heavy atom. The first-order valence-electron chi connectivity index (χ1n) is 24.7. The first-order valence-corrected chi connectivity index (χ1v) is 24.7. The first-order chi connectivity index (χ1) is 35.7. The van der Waals surface area contributed by atoms with Crippen molar-refractivity contribution < 1.29 is 8.83 Å². The lowest BCUT2D eigenvalue weighted by Crippen LogP contribution is -1.90. The summed E-state index contributed by atoms with van der Waals surface area (Å²) in [5.41, 5.74) is 16.0. The van der Waals surface area contributed by atoms with Crippen LogP contribution in [0.15, 0.2) is 276 Å². The minimum atomic E-state index is 0.924. The van der Waals surface area contributed by atoms with E-state index in [4.69, 9.17) is 8.83 Å². The van der Waals surface area contributed by atoms with E-state index in [2.05, 4.69) is 243 Å². The summed E-state index contributed by atoms with van der Waals surface area (Å²) < 4.78 is 12.4. The van der Waals surface area contributed by atoms with Crippen LogP contribution in [0, 0.1) is 0 Å². The van der Waals surface area contributed by atoms with Gasteiger partial charge in [0.25, 0.3) is 0 Å². The fraction of sp³-hybridized carbons (Fsp3) is 0. The molecule has 0 saturated carbocycles. The molecule has 0 aliphatic heterocycles. The lowest BCUT2D eigenvalue weighted by atomic mass is 9.86. The summed E-state index contributed by atoms with van der Waals surface area (Å²) in [7, 11) is 0. The second-order valence-electron chi connectivity index (χ2n) is 18.6. The highest BCUT2D eigenvalue weighted by Crippen LogP contribution is 2.46. The number of benzene rings is 13. The molecular weight excluding hydrogens is 873 g/mol. The Balaban J connectivity index is 0.000000136. The smallest absolute Gasteiger partial charge is 0.143 e. The number of hydrogen-bond donors (Lipinski definition) is 0. The Kier molecular flexibility index (Phi) is 9.89. The minimum Gasteiger partial charge on any atom is -0.456 e. The van der Waals surface area contributed by atoms with E-state index in [9.17, 15) is 0 Å². The van der Waals surface area contributed by atoms with E-state index in [1.807, 2.05) is 24.3 Å². The van der Waals surface area contributed by atoms with Gasteiger partial charge in [-0.2, -0.15) is 0 Å². The summed E-state index contributed by atoms with van der Waals surface area (Å²) in [5.74, 6) is 0. The average molecular weight is 917 g/mol. The summed E-state index contributed by atoms with van der Waals surface area (Å²) >= 11 is 0. The van der Waals surface area contributed by atoms with Gasteiger partial charge in [-0.3, -0.25) is 0 Å². The van der Waals surface area contributed by atoms with Gasteiger partial charge in [-0.25, -0.2) is 0 Å². The quantitative estimate of drug-likeness (QED) is 0.161. The molecule has 0 amide bonds. The molecule has 0 atom stereocenters. The molecule has 0 fully saturated rings. The van der Waals surface area contributed by atoms with E-state index < -0.39 is 0 Å². The van der Waals surface area contributed by atoms with Gasteiger partial charge in [0.2, 0.25) is 0 Å². The van der Waals surface area contributed by atoms with Crippen LogP contribution >= 0.6 is 0 Å². The minimum absolute atomic E-state index is 0.924. The molecule has 2 nitrogen and oxygen atoms in total. The van der Waals surface area contributed by atoms with E-state index in [1.165, 1.54) is 87.6 Å². The molecule has 0 spiro atoms. The van der Waals surface area contributed by atoms with Gasteiger partial charge in [0.15, 0.2) is 0 Å². The second-order valence-corrected chi connectivity index (χ2v) is 18.6. The normalized spacial score (nSPS) is 11.6. The van der Waals surface area contributed by atoms with E-state index in [0.29, 0.717) is 0 Å². The van der Waals surface area contributed by atoms with Crippen molar-refractivity contribution in [2.24, 2.45) is 0 Å². The maximum Gasteiger partial charge on any atom is 0.143 e. The van der Waals surface area contributed by atoms with Gasteiger partial charge in [0, 0.05) is 27.1 Å². The summed E-state index contributed by atoms with van der Waals surface area (Å²) in [5, 5.41) is 14.8. The highest BCUT2D eigenvalue weighted by Gasteiger charge is 2.20. The van der Waals surface area contributed by atoms with Gasteiger partial charge in [-0.05, 0) is 117 Å². The molecule has 336 valence electrons. The standard InChI is InChI=1S/C38H24O.C32H20O/c1-2-11-26(12-3-1)36-30-14-4-6-16-32(30)37(33-17-7-5-15-31(33)36)27-23-21-25(22-24-27)28-18-10-19-34-29-13-8-9-20-35(29)39-38(28)34;1-2-10-21(11-3-1)31-24-13-4-6-15-26(24)32(27-16-7-5-14-25(27)31)22-18-19-30-28(20-22)23-12-8-9-17-29(23)33-30/h1-24H;1-20H. The van der Waals surface area contributed by atoms with Crippen molar-refractivity contribution in [3.05, 3.63) is 267 Å². The topological polar surface area (TPSA) is 26.3 Å². The van der Waals surface area contributed by atoms with Crippen LogP contribution in [0.5, 0.6) is 0 Å². The van der Waals surface area contributed by atoms with Gasteiger partial charge < -0.3 is 8.83 Å². The largest absolute Gasteiger partial charge is 0.456 e. The van der Waals surface area contributed by atoms with Crippen LogP contribution in [0.1, 0.15) is 0 Å². The molecule has 72 heavy (non-hydrogen) atoms. The van der Waals surface area contributed by atoms with Crippen molar-refractivity contribution in [1.29, 1.82) is 0 Å².